The molecule has 2 fully saturated rings. The number of nitrogens with zero attached hydrogens (tertiary/aromatic N) is 4. The normalized spacial score (nSPS) is 18.1. The molecule has 0 aliphatic carbocycles. The van der Waals surface area contributed by atoms with E-state index in [0.29, 0.717) is 45.1 Å². The number of benzene rings is 1. The summed E-state index contributed by atoms with van der Waals surface area (Å²) in [6.07, 6.45) is 2.14. The van der Waals surface area contributed by atoms with E-state index in [0.717, 1.165) is 29.4 Å². The fourth-order valence-corrected chi connectivity index (χ4v) is 3.87. The lowest BCUT2D eigenvalue weighted by Crippen LogP contribution is -2.42. The molecular weight excluding hydrogens is 376 g/mol. The predicted molar refractivity (Wildman–Crippen MR) is 104 cm³/mol. The van der Waals surface area contributed by atoms with Crippen molar-refractivity contribution >= 4 is 22.9 Å². The van der Waals surface area contributed by atoms with Crippen molar-refractivity contribution in [1.29, 1.82) is 0 Å². The van der Waals surface area contributed by atoms with Crippen LogP contribution in [0.15, 0.2) is 24.5 Å². The number of fused-ring (bicyclic) bond motifs is 1. The molecule has 1 aromatic heterocycles. The van der Waals surface area contributed by atoms with Crippen LogP contribution in [0.5, 0.6) is 5.75 Å². The Bertz CT molecular complexity index is 892. The highest BCUT2D eigenvalue weighted by atomic mass is 16.5. The number of likely N-dealkylation sites (tertiary alicyclic amines) is 1. The first-order valence-electron chi connectivity index (χ1n) is 9.82. The summed E-state index contributed by atoms with van der Waals surface area (Å²) in [4.78, 5) is 35.4. The van der Waals surface area contributed by atoms with Gasteiger partial charge in [-0.05, 0) is 25.0 Å². The van der Waals surface area contributed by atoms with Crippen LogP contribution in [0, 0.1) is 0 Å². The Kier molecular flexibility index (Phi) is 5.75. The first-order chi connectivity index (χ1) is 14.1. The standard InChI is InChI=1S/C20H24N4O5/c25-18(23-7-9-28-10-8-23)12-29-15-1-2-16-17(11-15)21-13-22-19(16)14-3-5-24(6-4-14)20(26)27/h1-2,11,13-14H,3-10,12H2,(H,26,27). The lowest BCUT2D eigenvalue weighted by Gasteiger charge is -2.30. The number of carbonyl (C=O) groups is 2. The van der Waals surface area contributed by atoms with Crippen LogP contribution in [0.25, 0.3) is 10.9 Å². The Morgan fingerprint density at radius 3 is 2.59 bits per heavy atom. The zero-order chi connectivity index (χ0) is 20.2. The van der Waals surface area contributed by atoms with Crippen LogP contribution >= 0.6 is 0 Å². The van der Waals surface area contributed by atoms with Gasteiger partial charge in [-0.3, -0.25) is 4.79 Å². The van der Waals surface area contributed by atoms with Crippen molar-refractivity contribution in [3.8, 4) is 5.75 Å². The molecule has 9 heteroatoms. The molecule has 0 unspecified atom stereocenters. The van der Waals surface area contributed by atoms with Crippen LogP contribution in [0.1, 0.15) is 24.5 Å². The SMILES string of the molecule is O=C(O)N1CCC(c2ncnc3cc(OCC(=O)N4CCOCC4)ccc23)CC1. The Hall–Kier alpha value is -2.94. The molecule has 2 aliphatic heterocycles. The van der Waals surface area contributed by atoms with Crippen LogP contribution in [-0.4, -0.2) is 82.9 Å². The largest absolute Gasteiger partial charge is 0.484 e. The van der Waals surface area contributed by atoms with E-state index < -0.39 is 6.09 Å². The minimum atomic E-state index is -0.871. The maximum Gasteiger partial charge on any atom is 0.407 e. The van der Waals surface area contributed by atoms with Crippen molar-refractivity contribution in [2.45, 2.75) is 18.8 Å². The minimum absolute atomic E-state index is 0.0168. The number of hydrogen-bond acceptors (Lipinski definition) is 6. The average molecular weight is 400 g/mol. The number of morpholine rings is 1. The smallest absolute Gasteiger partial charge is 0.407 e. The quantitative estimate of drug-likeness (QED) is 0.833. The van der Waals surface area contributed by atoms with Gasteiger partial charge in [-0.25, -0.2) is 14.8 Å². The zero-order valence-electron chi connectivity index (χ0n) is 16.1. The number of hydrogen-bond donors (Lipinski definition) is 1. The lowest BCUT2D eigenvalue weighted by molar-refractivity contribution is -0.137. The molecule has 0 atom stereocenters. The molecule has 2 aliphatic rings. The van der Waals surface area contributed by atoms with Crippen LogP contribution in [0.2, 0.25) is 0 Å². The lowest BCUT2D eigenvalue weighted by atomic mass is 9.91. The van der Waals surface area contributed by atoms with Crippen LogP contribution in [-0.2, 0) is 9.53 Å². The van der Waals surface area contributed by atoms with Gasteiger partial charge in [-0.2, -0.15) is 0 Å². The Balaban J connectivity index is 1.43. The van der Waals surface area contributed by atoms with Crippen LogP contribution < -0.4 is 4.74 Å². The number of aromatic nitrogens is 2. The molecule has 0 bridgehead atoms. The van der Waals surface area contributed by atoms with Gasteiger partial charge >= 0.3 is 6.09 Å². The van der Waals surface area contributed by atoms with Crippen molar-refractivity contribution < 1.29 is 24.2 Å². The second-order valence-electron chi connectivity index (χ2n) is 7.26. The van der Waals surface area contributed by atoms with Crippen LogP contribution in [0.4, 0.5) is 4.79 Å². The monoisotopic (exact) mass is 400 g/mol. The number of carbonyl (C=O) groups excluding carboxylic acids is 1. The second-order valence-corrected chi connectivity index (χ2v) is 7.26. The van der Waals surface area contributed by atoms with E-state index in [2.05, 4.69) is 9.97 Å². The average Bonchev–Trinajstić information content (AvgIpc) is 2.77. The van der Waals surface area contributed by atoms with Crippen molar-refractivity contribution in [2.75, 3.05) is 46.0 Å². The number of ether oxygens (including phenoxy) is 2. The molecule has 9 nitrogen and oxygen atoms in total. The molecule has 3 heterocycles. The predicted octanol–water partition coefficient (Wildman–Crippen LogP) is 1.72. The van der Waals surface area contributed by atoms with Gasteiger partial charge < -0.3 is 24.4 Å². The zero-order valence-corrected chi connectivity index (χ0v) is 16.1. The molecule has 29 heavy (non-hydrogen) atoms. The molecular formula is C20H24N4O5. The Labute approximate surface area is 168 Å². The summed E-state index contributed by atoms with van der Waals surface area (Å²) in [5, 5.41) is 10.1. The Morgan fingerprint density at radius 1 is 1.10 bits per heavy atom. The highest BCUT2D eigenvalue weighted by Crippen LogP contribution is 2.32. The van der Waals surface area contributed by atoms with Crippen molar-refractivity contribution in [3.63, 3.8) is 0 Å². The van der Waals surface area contributed by atoms with E-state index in [1.165, 1.54) is 11.2 Å². The molecule has 0 spiro atoms. The second kappa shape index (κ2) is 8.60. The highest BCUT2D eigenvalue weighted by molar-refractivity contribution is 5.83. The molecule has 1 N–H and O–H groups in total. The molecule has 1 aromatic carbocycles. The molecule has 0 radical (unpaired) electrons. The molecule has 2 amide bonds. The van der Waals surface area contributed by atoms with Crippen LogP contribution in [0.3, 0.4) is 0 Å². The number of amides is 2. The Morgan fingerprint density at radius 2 is 1.86 bits per heavy atom. The van der Waals surface area contributed by atoms with Crippen molar-refractivity contribution in [1.82, 2.24) is 19.8 Å². The van der Waals surface area contributed by atoms with Gasteiger partial charge in [-0.15, -0.1) is 0 Å². The fraction of sp³-hybridized carbons (Fsp3) is 0.500. The third-order valence-electron chi connectivity index (χ3n) is 5.52. The van der Waals surface area contributed by atoms with Gasteiger partial charge in [0.1, 0.15) is 12.1 Å². The summed E-state index contributed by atoms with van der Waals surface area (Å²) in [6, 6.07) is 5.57. The summed E-state index contributed by atoms with van der Waals surface area (Å²) in [5.41, 5.74) is 1.70. The van der Waals surface area contributed by atoms with E-state index in [4.69, 9.17) is 14.6 Å². The van der Waals surface area contributed by atoms with E-state index >= 15 is 0 Å². The maximum absolute atomic E-state index is 12.2. The summed E-state index contributed by atoms with van der Waals surface area (Å²) >= 11 is 0. The minimum Gasteiger partial charge on any atom is -0.484 e. The third kappa shape index (κ3) is 4.40. The first-order valence-corrected chi connectivity index (χ1v) is 9.82. The topological polar surface area (TPSA) is 105 Å². The maximum atomic E-state index is 12.2. The van der Waals surface area contributed by atoms with E-state index in [9.17, 15) is 9.59 Å². The van der Waals surface area contributed by atoms with Crippen molar-refractivity contribution in [3.05, 3.63) is 30.2 Å². The number of rotatable bonds is 4. The summed E-state index contributed by atoms with van der Waals surface area (Å²) in [7, 11) is 0. The number of carboxylic acid groups (broad SMARTS) is 1. The molecule has 2 aromatic rings. The van der Waals surface area contributed by atoms with Crippen molar-refractivity contribution in [2.24, 2.45) is 0 Å². The van der Waals surface area contributed by atoms with E-state index in [1.807, 2.05) is 18.2 Å². The van der Waals surface area contributed by atoms with E-state index in [-0.39, 0.29) is 18.4 Å². The van der Waals surface area contributed by atoms with Gasteiger partial charge in [0.15, 0.2) is 6.61 Å². The molecule has 4 rings (SSSR count). The molecule has 154 valence electrons. The summed E-state index contributed by atoms with van der Waals surface area (Å²) in [6.45, 7) is 3.32. The summed E-state index contributed by atoms with van der Waals surface area (Å²) < 4.78 is 10.9. The van der Waals surface area contributed by atoms with Gasteiger partial charge in [0.25, 0.3) is 5.91 Å². The molecule has 2 saturated heterocycles. The van der Waals surface area contributed by atoms with E-state index in [1.54, 1.807) is 4.90 Å². The van der Waals surface area contributed by atoms with Gasteiger partial charge in [-0.1, -0.05) is 0 Å². The fourth-order valence-electron chi connectivity index (χ4n) is 3.87. The number of piperidine rings is 1. The summed E-state index contributed by atoms with van der Waals surface area (Å²) in [5.74, 6) is 0.734. The van der Waals surface area contributed by atoms with Gasteiger partial charge in [0.2, 0.25) is 0 Å². The first kappa shape index (κ1) is 19.4. The highest BCUT2D eigenvalue weighted by Gasteiger charge is 2.25. The van der Waals surface area contributed by atoms with Gasteiger partial charge in [0.05, 0.1) is 24.4 Å². The molecule has 0 saturated carbocycles. The van der Waals surface area contributed by atoms with Gasteiger partial charge in [0, 0.05) is 43.5 Å². The third-order valence-corrected chi connectivity index (χ3v) is 5.52.